The van der Waals surface area contributed by atoms with E-state index in [0.717, 1.165) is 22.3 Å². The van der Waals surface area contributed by atoms with Crippen LogP contribution in [0.2, 0.25) is 0 Å². The van der Waals surface area contributed by atoms with E-state index in [1.807, 2.05) is 48.5 Å². The number of hydrogen-bond donors (Lipinski definition) is 2. The van der Waals surface area contributed by atoms with Crippen molar-refractivity contribution < 1.29 is 19.1 Å². The van der Waals surface area contributed by atoms with Gasteiger partial charge in [-0.2, -0.15) is 0 Å². The molecule has 0 saturated carbocycles. The Kier molecular flexibility index (Phi) is 5.54. The zero-order valence-electron chi connectivity index (χ0n) is 15.1. The number of nitrogens with one attached hydrogen (secondary N) is 1. The van der Waals surface area contributed by atoms with Crippen LogP contribution in [0, 0.1) is 0 Å². The van der Waals surface area contributed by atoms with Gasteiger partial charge in [-0.05, 0) is 29.2 Å². The van der Waals surface area contributed by atoms with Crippen LogP contribution < -0.4 is 11.1 Å². The van der Waals surface area contributed by atoms with E-state index in [9.17, 15) is 14.4 Å². The van der Waals surface area contributed by atoms with Gasteiger partial charge in [0.25, 0.3) is 0 Å². The maximum Gasteiger partial charge on any atom is 0.306 e. The smallest absolute Gasteiger partial charge is 0.306 e. The van der Waals surface area contributed by atoms with Crippen molar-refractivity contribution in [3.8, 4) is 11.1 Å². The molecule has 0 spiro atoms. The molecule has 2 amide bonds. The summed E-state index contributed by atoms with van der Waals surface area (Å²) < 4.78 is 4.83. The fraction of sp³-hybridized carbons (Fsp3) is 0.286. The molecular formula is C21H22N2O4. The van der Waals surface area contributed by atoms with E-state index in [-0.39, 0.29) is 25.4 Å². The molecule has 0 aliphatic heterocycles. The van der Waals surface area contributed by atoms with Crippen LogP contribution in [0.3, 0.4) is 0 Å². The summed E-state index contributed by atoms with van der Waals surface area (Å²) in [5, 5.41) is 2.72. The lowest BCUT2D eigenvalue weighted by Crippen LogP contribution is -2.48. The van der Waals surface area contributed by atoms with Crippen molar-refractivity contribution in [3.05, 3.63) is 59.7 Å². The summed E-state index contributed by atoms with van der Waals surface area (Å²) in [4.78, 5) is 36.0. The zero-order chi connectivity index (χ0) is 19.4. The second kappa shape index (κ2) is 8.03. The maximum absolute atomic E-state index is 12.3. The third-order valence-corrected chi connectivity index (χ3v) is 4.70. The second-order valence-electron chi connectivity index (χ2n) is 6.40. The number of carbonyl (C=O) groups excluding carboxylic acids is 3. The number of esters is 1. The van der Waals surface area contributed by atoms with Crippen LogP contribution in [0.1, 0.15) is 36.8 Å². The molecule has 6 heteroatoms. The zero-order valence-corrected chi connectivity index (χ0v) is 15.1. The minimum atomic E-state index is -0.899. The van der Waals surface area contributed by atoms with Gasteiger partial charge in [0.05, 0.1) is 13.0 Å². The topological polar surface area (TPSA) is 98.5 Å². The summed E-state index contributed by atoms with van der Waals surface area (Å²) in [5.74, 6) is -1.83. The predicted octanol–water partition coefficient (Wildman–Crippen LogP) is 2.11. The van der Waals surface area contributed by atoms with E-state index in [0.29, 0.717) is 0 Å². The van der Waals surface area contributed by atoms with Crippen molar-refractivity contribution in [1.82, 2.24) is 5.32 Å². The third kappa shape index (κ3) is 3.84. The Labute approximate surface area is 157 Å². The Morgan fingerprint density at radius 1 is 1.00 bits per heavy atom. The molecular weight excluding hydrogens is 344 g/mol. The molecule has 1 atom stereocenters. The largest absolute Gasteiger partial charge is 0.466 e. The van der Waals surface area contributed by atoms with Crippen molar-refractivity contribution in [1.29, 1.82) is 0 Å². The molecule has 0 aromatic heterocycles. The fourth-order valence-corrected chi connectivity index (χ4v) is 3.57. The number of carbonyl (C=O) groups is 3. The van der Waals surface area contributed by atoms with Gasteiger partial charge in [-0.25, -0.2) is 0 Å². The summed E-state index contributed by atoms with van der Waals surface area (Å²) in [6.07, 6.45) is -0.0956. The van der Waals surface area contributed by atoms with Crippen LogP contribution in [0.5, 0.6) is 0 Å². The van der Waals surface area contributed by atoms with Crippen molar-refractivity contribution in [2.45, 2.75) is 31.7 Å². The molecule has 3 rings (SSSR count). The second-order valence-corrected chi connectivity index (χ2v) is 6.40. The van der Waals surface area contributed by atoms with E-state index in [1.165, 1.54) is 0 Å². The van der Waals surface area contributed by atoms with Gasteiger partial charge in [-0.1, -0.05) is 48.5 Å². The molecule has 0 heterocycles. The highest BCUT2D eigenvalue weighted by Crippen LogP contribution is 2.46. The van der Waals surface area contributed by atoms with E-state index in [1.54, 1.807) is 6.92 Å². The summed E-state index contributed by atoms with van der Waals surface area (Å²) in [6, 6.07) is 14.7. The molecule has 0 unspecified atom stereocenters. The van der Waals surface area contributed by atoms with Gasteiger partial charge in [0.1, 0.15) is 6.04 Å². The molecule has 1 aliphatic rings. The van der Waals surface area contributed by atoms with Crippen LogP contribution in [0.25, 0.3) is 11.1 Å². The highest BCUT2D eigenvalue weighted by Gasteiger charge is 2.37. The van der Waals surface area contributed by atoms with Crippen LogP contribution in [-0.2, 0) is 19.1 Å². The number of ether oxygens (including phenoxy) is 1. The molecule has 6 nitrogen and oxygen atoms in total. The van der Waals surface area contributed by atoms with Crippen molar-refractivity contribution >= 4 is 17.8 Å². The first-order valence-electron chi connectivity index (χ1n) is 8.95. The van der Waals surface area contributed by atoms with Gasteiger partial charge < -0.3 is 15.8 Å². The molecule has 27 heavy (non-hydrogen) atoms. The monoisotopic (exact) mass is 366 g/mol. The maximum atomic E-state index is 12.3. The van der Waals surface area contributed by atoms with E-state index >= 15 is 0 Å². The molecule has 140 valence electrons. The number of fused-ring (bicyclic) bond motifs is 3. The van der Waals surface area contributed by atoms with Crippen LogP contribution in [0.15, 0.2) is 48.5 Å². The van der Waals surface area contributed by atoms with Crippen molar-refractivity contribution in [2.24, 2.45) is 5.73 Å². The molecule has 2 aromatic carbocycles. The lowest BCUT2D eigenvalue weighted by atomic mass is 9.88. The van der Waals surface area contributed by atoms with Gasteiger partial charge in [0.2, 0.25) is 11.8 Å². The quantitative estimate of drug-likeness (QED) is 0.733. The van der Waals surface area contributed by atoms with Gasteiger partial charge in [0, 0.05) is 12.3 Å². The lowest BCUT2D eigenvalue weighted by Gasteiger charge is -2.24. The van der Waals surface area contributed by atoms with Crippen LogP contribution in [-0.4, -0.2) is 30.4 Å². The summed E-state index contributed by atoms with van der Waals surface area (Å²) in [6.45, 7) is 1.97. The number of amides is 2. The van der Waals surface area contributed by atoms with E-state index in [4.69, 9.17) is 10.5 Å². The molecule has 0 bridgehead atoms. The highest BCUT2D eigenvalue weighted by atomic mass is 16.5. The van der Waals surface area contributed by atoms with Crippen LogP contribution >= 0.6 is 0 Å². The van der Waals surface area contributed by atoms with Gasteiger partial charge in [-0.3, -0.25) is 14.4 Å². The summed E-state index contributed by atoms with van der Waals surface area (Å²) in [7, 11) is 0. The first-order chi connectivity index (χ1) is 13.0. The Morgan fingerprint density at radius 3 is 2.07 bits per heavy atom. The summed E-state index contributed by atoms with van der Waals surface area (Å²) in [5.41, 5.74) is 9.61. The number of primary amides is 1. The Hall–Kier alpha value is -3.15. The molecule has 2 aromatic rings. The normalized spacial score (nSPS) is 13.4. The van der Waals surface area contributed by atoms with Gasteiger partial charge in [-0.15, -0.1) is 0 Å². The van der Waals surface area contributed by atoms with Crippen molar-refractivity contribution in [3.63, 3.8) is 0 Å². The fourth-order valence-electron chi connectivity index (χ4n) is 3.57. The standard InChI is InChI=1S/C21H22N2O4/c1-2-27-18(25)12-11-17(24)23-20(21(22)26)19-15-9-5-3-7-13(15)14-8-4-6-10-16(14)19/h3-10,19-20H,2,11-12H2,1H3,(H2,22,26)(H,23,24)/t20-/m0/s1. The average molecular weight is 366 g/mol. The molecule has 0 saturated heterocycles. The number of nitrogens with two attached hydrogens (primary N) is 1. The lowest BCUT2D eigenvalue weighted by molar-refractivity contribution is -0.144. The minimum Gasteiger partial charge on any atom is -0.466 e. The average Bonchev–Trinajstić information content (AvgIpc) is 2.99. The Morgan fingerprint density at radius 2 is 1.56 bits per heavy atom. The molecule has 0 fully saturated rings. The molecule has 3 N–H and O–H groups in total. The SMILES string of the molecule is CCOC(=O)CCC(=O)N[C@H](C(N)=O)C1c2ccccc2-c2ccccc21. The Bertz CT molecular complexity index is 832. The Balaban J connectivity index is 1.84. The third-order valence-electron chi connectivity index (χ3n) is 4.70. The molecule has 1 aliphatic carbocycles. The van der Waals surface area contributed by atoms with E-state index in [2.05, 4.69) is 5.32 Å². The molecule has 0 radical (unpaired) electrons. The number of rotatable bonds is 7. The highest BCUT2D eigenvalue weighted by molar-refractivity contribution is 5.91. The van der Waals surface area contributed by atoms with Crippen LogP contribution in [0.4, 0.5) is 0 Å². The number of hydrogen-bond acceptors (Lipinski definition) is 4. The summed E-state index contributed by atoms with van der Waals surface area (Å²) >= 11 is 0. The number of benzene rings is 2. The van der Waals surface area contributed by atoms with E-state index < -0.39 is 23.8 Å². The first kappa shape index (κ1) is 18.6. The van der Waals surface area contributed by atoms with Gasteiger partial charge in [0.15, 0.2) is 0 Å². The first-order valence-corrected chi connectivity index (χ1v) is 8.95. The van der Waals surface area contributed by atoms with Crippen molar-refractivity contribution in [2.75, 3.05) is 6.61 Å². The predicted molar refractivity (Wildman–Crippen MR) is 101 cm³/mol. The minimum absolute atomic E-state index is 0.0387. The van der Waals surface area contributed by atoms with Gasteiger partial charge >= 0.3 is 5.97 Å².